The van der Waals surface area contributed by atoms with E-state index >= 15 is 0 Å². The van der Waals surface area contributed by atoms with E-state index < -0.39 is 11.4 Å². The van der Waals surface area contributed by atoms with Crippen molar-refractivity contribution in [3.8, 4) is 22.8 Å². The van der Waals surface area contributed by atoms with Gasteiger partial charge in [-0.25, -0.2) is 19.0 Å². The van der Waals surface area contributed by atoms with E-state index in [4.69, 9.17) is 5.73 Å². The van der Waals surface area contributed by atoms with Gasteiger partial charge in [0, 0.05) is 5.56 Å². The van der Waals surface area contributed by atoms with Crippen molar-refractivity contribution >= 4 is 5.82 Å². The van der Waals surface area contributed by atoms with Crippen LogP contribution in [0.3, 0.4) is 0 Å². The van der Waals surface area contributed by atoms with Gasteiger partial charge in [-0.2, -0.15) is 0 Å². The highest BCUT2D eigenvalue weighted by molar-refractivity contribution is 5.67. The second kappa shape index (κ2) is 7.84. The summed E-state index contributed by atoms with van der Waals surface area (Å²) in [5.41, 5.74) is 7.91. The van der Waals surface area contributed by atoms with Crippen LogP contribution >= 0.6 is 0 Å². The highest BCUT2D eigenvalue weighted by Gasteiger charge is 2.20. The smallest absolute Gasteiger partial charge is 0.193 e. The fraction of sp³-hybridized carbons (Fsp3) is 0.227. The van der Waals surface area contributed by atoms with Crippen LogP contribution in [-0.2, 0) is 12.1 Å². The molecule has 0 fully saturated rings. The molecule has 0 saturated carbocycles. The molecule has 158 valence electrons. The lowest BCUT2D eigenvalue weighted by atomic mass is 10.0. The third-order valence-corrected chi connectivity index (χ3v) is 4.80. The zero-order chi connectivity index (χ0) is 22.2. The van der Waals surface area contributed by atoms with Crippen molar-refractivity contribution in [3.63, 3.8) is 0 Å². The molecule has 0 atom stereocenters. The number of pyridine rings is 1. The Morgan fingerprint density at radius 1 is 1.06 bits per heavy atom. The number of aromatic nitrogens is 6. The molecule has 3 heterocycles. The van der Waals surface area contributed by atoms with Crippen molar-refractivity contribution in [2.45, 2.75) is 32.9 Å². The van der Waals surface area contributed by atoms with Crippen LogP contribution in [0.15, 0.2) is 48.7 Å². The van der Waals surface area contributed by atoms with Gasteiger partial charge < -0.3 is 10.8 Å². The number of benzene rings is 1. The number of nitrogen functional groups attached to an aromatic ring is 1. The number of halogens is 1. The van der Waals surface area contributed by atoms with Crippen molar-refractivity contribution in [3.05, 3.63) is 71.4 Å². The SMILES string of the molecule is Cc1ccccc1-c1nc(N)c(F)c(-c2cn(Cc3cccc(C(C)(C)O)n3)nn2)n1. The van der Waals surface area contributed by atoms with Gasteiger partial charge in [0.1, 0.15) is 17.0 Å². The molecule has 8 nitrogen and oxygen atoms in total. The number of hydrogen-bond donors (Lipinski definition) is 2. The number of nitrogens with zero attached hydrogens (tertiary/aromatic N) is 6. The summed E-state index contributed by atoms with van der Waals surface area (Å²) < 4.78 is 16.3. The van der Waals surface area contributed by atoms with Crippen LogP contribution in [0.5, 0.6) is 0 Å². The maximum atomic E-state index is 14.7. The Bertz CT molecular complexity index is 1250. The van der Waals surface area contributed by atoms with Crippen molar-refractivity contribution in [1.82, 2.24) is 29.9 Å². The first-order chi connectivity index (χ1) is 14.7. The first-order valence-corrected chi connectivity index (χ1v) is 9.70. The fourth-order valence-corrected chi connectivity index (χ4v) is 3.14. The molecule has 4 rings (SSSR count). The van der Waals surface area contributed by atoms with Crippen molar-refractivity contribution < 1.29 is 9.50 Å². The molecule has 31 heavy (non-hydrogen) atoms. The van der Waals surface area contributed by atoms with Crippen LogP contribution in [0.1, 0.15) is 30.8 Å². The van der Waals surface area contributed by atoms with Gasteiger partial charge in [-0.3, -0.25) is 4.98 Å². The lowest BCUT2D eigenvalue weighted by Crippen LogP contribution is -2.18. The molecule has 3 N–H and O–H groups in total. The molecule has 9 heteroatoms. The van der Waals surface area contributed by atoms with Gasteiger partial charge in [0.05, 0.1) is 24.1 Å². The molecule has 0 aliphatic heterocycles. The molecule has 0 aliphatic rings. The van der Waals surface area contributed by atoms with Gasteiger partial charge in [-0.05, 0) is 38.5 Å². The molecule has 0 amide bonds. The van der Waals surface area contributed by atoms with Crippen LogP contribution in [0.25, 0.3) is 22.8 Å². The zero-order valence-electron chi connectivity index (χ0n) is 17.4. The number of hydrogen-bond acceptors (Lipinski definition) is 7. The lowest BCUT2D eigenvalue weighted by Gasteiger charge is -2.17. The molecule has 0 aliphatic carbocycles. The van der Waals surface area contributed by atoms with Gasteiger partial charge in [-0.1, -0.05) is 35.5 Å². The van der Waals surface area contributed by atoms with Gasteiger partial charge in [0.25, 0.3) is 0 Å². The van der Waals surface area contributed by atoms with E-state index in [1.807, 2.05) is 43.3 Å². The van der Waals surface area contributed by atoms with E-state index in [-0.39, 0.29) is 17.2 Å². The van der Waals surface area contributed by atoms with Crippen LogP contribution in [0, 0.1) is 12.7 Å². The first kappa shape index (κ1) is 20.5. The third kappa shape index (κ3) is 4.26. The predicted octanol–water partition coefficient (Wildman–Crippen LogP) is 3.10. The largest absolute Gasteiger partial charge is 0.384 e. The summed E-state index contributed by atoms with van der Waals surface area (Å²) in [6, 6.07) is 12.9. The number of rotatable bonds is 5. The Morgan fingerprint density at radius 3 is 2.58 bits per heavy atom. The summed E-state index contributed by atoms with van der Waals surface area (Å²) in [6.07, 6.45) is 1.57. The molecule has 0 unspecified atom stereocenters. The molecule has 0 bridgehead atoms. The molecule has 3 aromatic heterocycles. The Kier molecular flexibility index (Phi) is 5.20. The van der Waals surface area contributed by atoms with E-state index in [1.54, 1.807) is 26.1 Å². The van der Waals surface area contributed by atoms with Crippen LogP contribution in [-0.4, -0.2) is 35.1 Å². The Morgan fingerprint density at radius 2 is 1.84 bits per heavy atom. The molecule has 4 aromatic rings. The summed E-state index contributed by atoms with van der Waals surface area (Å²) in [5.74, 6) is -0.676. The maximum Gasteiger partial charge on any atom is 0.193 e. The third-order valence-electron chi connectivity index (χ3n) is 4.80. The minimum atomic E-state index is -1.06. The predicted molar refractivity (Wildman–Crippen MR) is 114 cm³/mol. The molecular formula is C22H22FN7O. The van der Waals surface area contributed by atoms with Crippen molar-refractivity contribution in [2.24, 2.45) is 0 Å². The maximum absolute atomic E-state index is 14.7. The molecule has 0 saturated heterocycles. The molecule has 1 aromatic carbocycles. The highest BCUT2D eigenvalue weighted by Crippen LogP contribution is 2.27. The summed E-state index contributed by atoms with van der Waals surface area (Å²) in [7, 11) is 0. The van der Waals surface area contributed by atoms with E-state index in [1.165, 1.54) is 4.68 Å². The summed E-state index contributed by atoms with van der Waals surface area (Å²) >= 11 is 0. The monoisotopic (exact) mass is 419 g/mol. The van der Waals surface area contributed by atoms with Crippen molar-refractivity contribution in [1.29, 1.82) is 0 Å². The van der Waals surface area contributed by atoms with E-state index in [0.29, 0.717) is 23.8 Å². The average Bonchev–Trinajstić information content (AvgIpc) is 3.18. The summed E-state index contributed by atoms with van der Waals surface area (Å²) in [5, 5.41) is 18.3. The number of anilines is 1. The minimum absolute atomic E-state index is 0.0183. The molecule has 0 spiro atoms. The normalized spacial score (nSPS) is 11.6. The zero-order valence-corrected chi connectivity index (χ0v) is 17.4. The van der Waals surface area contributed by atoms with Crippen LogP contribution in [0.2, 0.25) is 0 Å². The summed E-state index contributed by atoms with van der Waals surface area (Å²) in [6.45, 7) is 5.55. The Balaban J connectivity index is 1.67. The van der Waals surface area contributed by atoms with Gasteiger partial charge in [-0.15, -0.1) is 5.10 Å². The second-order valence-electron chi connectivity index (χ2n) is 7.78. The molecule has 0 radical (unpaired) electrons. The van der Waals surface area contributed by atoms with E-state index in [2.05, 4.69) is 25.3 Å². The van der Waals surface area contributed by atoms with E-state index in [0.717, 1.165) is 11.1 Å². The fourth-order valence-electron chi connectivity index (χ4n) is 3.14. The summed E-state index contributed by atoms with van der Waals surface area (Å²) in [4.78, 5) is 12.9. The van der Waals surface area contributed by atoms with E-state index in [9.17, 15) is 9.50 Å². The van der Waals surface area contributed by atoms with Crippen molar-refractivity contribution in [2.75, 3.05) is 5.73 Å². The number of nitrogens with two attached hydrogens (primary N) is 1. The number of aryl methyl sites for hydroxylation is 1. The quantitative estimate of drug-likeness (QED) is 0.511. The standard InChI is InChI=1S/C22H22FN7O/c1-13-7-4-5-9-15(13)21-26-19(18(23)20(24)27-21)16-12-30(29-28-16)11-14-8-6-10-17(25-14)22(2,3)31/h4-10,12,31H,11H2,1-3H3,(H2,24,26,27). The van der Waals surface area contributed by atoms with Gasteiger partial charge in [0.2, 0.25) is 0 Å². The topological polar surface area (TPSA) is 116 Å². The average molecular weight is 419 g/mol. The van der Waals surface area contributed by atoms with Crippen LogP contribution in [0.4, 0.5) is 10.2 Å². The lowest BCUT2D eigenvalue weighted by molar-refractivity contribution is 0.0736. The minimum Gasteiger partial charge on any atom is -0.384 e. The van der Waals surface area contributed by atoms with Gasteiger partial charge >= 0.3 is 0 Å². The van der Waals surface area contributed by atoms with Crippen LogP contribution < -0.4 is 5.73 Å². The molecular weight excluding hydrogens is 397 g/mol. The van der Waals surface area contributed by atoms with Gasteiger partial charge in [0.15, 0.2) is 17.5 Å². The Hall–Kier alpha value is -3.72. The second-order valence-corrected chi connectivity index (χ2v) is 7.78. The first-order valence-electron chi connectivity index (χ1n) is 9.70. The highest BCUT2D eigenvalue weighted by atomic mass is 19.1. The Labute approximate surface area is 178 Å². The number of aliphatic hydroxyl groups is 1.